The first-order chi connectivity index (χ1) is 9.72. The van der Waals surface area contributed by atoms with Crippen molar-refractivity contribution in [2.75, 3.05) is 6.54 Å². The van der Waals surface area contributed by atoms with Crippen molar-refractivity contribution < 1.29 is 4.42 Å². The zero-order valence-corrected chi connectivity index (χ0v) is 12.7. The highest BCUT2D eigenvalue weighted by molar-refractivity contribution is 6.30. The molecule has 0 amide bonds. The van der Waals surface area contributed by atoms with E-state index in [1.807, 2.05) is 24.3 Å². The number of nitrogens with one attached hydrogen (secondary N) is 1. The number of nitrogens with zero attached hydrogens (tertiary/aromatic N) is 2. The van der Waals surface area contributed by atoms with Gasteiger partial charge in [-0.3, -0.25) is 0 Å². The summed E-state index contributed by atoms with van der Waals surface area (Å²) in [5, 5.41) is 12.4. The van der Waals surface area contributed by atoms with E-state index in [9.17, 15) is 0 Å². The predicted molar refractivity (Wildman–Crippen MR) is 79.9 cm³/mol. The van der Waals surface area contributed by atoms with Gasteiger partial charge in [0.05, 0.1) is 12.5 Å². The molecular weight excluding hydrogens is 274 g/mol. The summed E-state index contributed by atoms with van der Waals surface area (Å²) >= 11 is 5.97. The fraction of sp³-hybridized carbons (Fsp3) is 0.467. The first-order valence-electron chi connectivity index (χ1n) is 7.03. The number of aromatic nitrogens is 2. The van der Waals surface area contributed by atoms with Gasteiger partial charge < -0.3 is 9.73 Å². The quantitative estimate of drug-likeness (QED) is 0.844. The maximum absolute atomic E-state index is 5.97. The molecule has 4 nitrogen and oxygen atoms in total. The third-order valence-corrected chi connectivity index (χ3v) is 3.31. The molecule has 0 radical (unpaired) electrons. The van der Waals surface area contributed by atoms with E-state index in [-0.39, 0.29) is 6.04 Å². The van der Waals surface area contributed by atoms with Crippen molar-refractivity contribution >= 4 is 11.6 Å². The van der Waals surface area contributed by atoms with E-state index in [0.29, 0.717) is 18.2 Å². The molecule has 1 atom stereocenters. The van der Waals surface area contributed by atoms with Crippen molar-refractivity contribution in [3.05, 3.63) is 46.6 Å². The lowest BCUT2D eigenvalue weighted by Crippen LogP contribution is -2.21. The van der Waals surface area contributed by atoms with E-state index < -0.39 is 0 Å². The van der Waals surface area contributed by atoms with Crippen molar-refractivity contribution in [3.63, 3.8) is 0 Å². The van der Waals surface area contributed by atoms with Gasteiger partial charge in [-0.1, -0.05) is 37.6 Å². The maximum atomic E-state index is 5.97. The van der Waals surface area contributed by atoms with Gasteiger partial charge >= 0.3 is 0 Å². The van der Waals surface area contributed by atoms with Crippen LogP contribution in [0.5, 0.6) is 0 Å². The minimum Gasteiger partial charge on any atom is -0.423 e. The van der Waals surface area contributed by atoms with Gasteiger partial charge in [-0.15, -0.1) is 10.2 Å². The molecule has 0 saturated carbocycles. The van der Waals surface area contributed by atoms with Crippen molar-refractivity contribution in [3.8, 4) is 0 Å². The molecule has 0 aliphatic heterocycles. The Kier molecular flexibility index (Phi) is 5.56. The Balaban J connectivity index is 2.04. The summed E-state index contributed by atoms with van der Waals surface area (Å²) in [6, 6.07) is 7.83. The van der Waals surface area contributed by atoms with Crippen LogP contribution in [0, 0.1) is 0 Å². The minimum atomic E-state index is 0.135. The molecule has 0 aliphatic rings. The highest BCUT2D eigenvalue weighted by atomic mass is 35.5. The lowest BCUT2D eigenvalue weighted by Gasteiger charge is -2.11. The summed E-state index contributed by atoms with van der Waals surface area (Å²) in [6.07, 6.45) is 2.62. The maximum Gasteiger partial charge on any atom is 0.233 e. The summed E-state index contributed by atoms with van der Waals surface area (Å²) in [7, 11) is 0. The lowest BCUT2D eigenvalue weighted by molar-refractivity contribution is 0.376. The summed E-state index contributed by atoms with van der Waals surface area (Å²) in [5.41, 5.74) is 1.07. The summed E-state index contributed by atoms with van der Waals surface area (Å²) in [6.45, 7) is 5.19. The molecule has 0 bridgehead atoms. The highest BCUT2D eigenvalue weighted by Gasteiger charge is 2.16. The molecule has 0 aliphatic carbocycles. The Morgan fingerprint density at radius 3 is 2.85 bits per heavy atom. The molecule has 0 spiro atoms. The summed E-state index contributed by atoms with van der Waals surface area (Å²) in [5.74, 6) is 1.29. The normalized spacial score (nSPS) is 12.6. The molecular formula is C15H20ClN3O. The molecule has 1 aromatic heterocycles. The van der Waals surface area contributed by atoms with E-state index in [1.165, 1.54) is 0 Å². The molecule has 20 heavy (non-hydrogen) atoms. The van der Waals surface area contributed by atoms with Crippen LogP contribution in [0.2, 0.25) is 5.02 Å². The second-order valence-electron chi connectivity index (χ2n) is 4.76. The van der Waals surface area contributed by atoms with Gasteiger partial charge in [0.25, 0.3) is 0 Å². The van der Waals surface area contributed by atoms with Crippen LogP contribution < -0.4 is 5.32 Å². The van der Waals surface area contributed by atoms with Crippen molar-refractivity contribution in [1.82, 2.24) is 15.5 Å². The first kappa shape index (κ1) is 15.0. The molecule has 0 fully saturated rings. The van der Waals surface area contributed by atoms with Gasteiger partial charge in [-0.2, -0.15) is 0 Å². The largest absolute Gasteiger partial charge is 0.423 e. The van der Waals surface area contributed by atoms with Crippen LogP contribution in [-0.4, -0.2) is 16.7 Å². The van der Waals surface area contributed by atoms with E-state index in [2.05, 4.69) is 29.4 Å². The van der Waals surface area contributed by atoms with Crippen molar-refractivity contribution in [2.45, 2.75) is 39.2 Å². The second kappa shape index (κ2) is 7.41. The van der Waals surface area contributed by atoms with E-state index in [0.717, 1.165) is 30.0 Å². The van der Waals surface area contributed by atoms with Crippen molar-refractivity contribution in [2.24, 2.45) is 0 Å². The van der Waals surface area contributed by atoms with Crippen LogP contribution in [0.15, 0.2) is 28.7 Å². The van der Waals surface area contributed by atoms with Gasteiger partial charge in [-0.05, 0) is 37.1 Å². The second-order valence-corrected chi connectivity index (χ2v) is 5.19. The zero-order chi connectivity index (χ0) is 14.4. The SMILES string of the molecule is CCCNC(CC)c1nnc(Cc2cccc(Cl)c2)o1. The average molecular weight is 294 g/mol. The van der Waals surface area contributed by atoms with Gasteiger partial charge in [0.2, 0.25) is 11.8 Å². The van der Waals surface area contributed by atoms with Crippen LogP contribution >= 0.6 is 11.6 Å². The third kappa shape index (κ3) is 4.05. The van der Waals surface area contributed by atoms with E-state index in [4.69, 9.17) is 16.0 Å². The highest BCUT2D eigenvalue weighted by Crippen LogP contribution is 2.18. The molecule has 1 heterocycles. The molecule has 2 aromatic rings. The third-order valence-electron chi connectivity index (χ3n) is 3.07. The average Bonchev–Trinajstić information content (AvgIpc) is 2.88. The summed E-state index contributed by atoms with van der Waals surface area (Å²) < 4.78 is 5.75. The molecule has 2 rings (SSSR count). The van der Waals surface area contributed by atoms with Crippen LogP contribution in [0.1, 0.15) is 50.1 Å². The van der Waals surface area contributed by atoms with Gasteiger partial charge in [0.15, 0.2) is 0 Å². The predicted octanol–water partition coefficient (Wildman–Crippen LogP) is 3.76. The van der Waals surface area contributed by atoms with Crippen LogP contribution in [0.25, 0.3) is 0 Å². The molecule has 5 heteroatoms. The Morgan fingerprint density at radius 1 is 1.30 bits per heavy atom. The fourth-order valence-electron chi connectivity index (χ4n) is 2.03. The monoisotopic (exact) mass is 293 g/mol. The standard InChI is InChI=1S/C15H20ClN3O/c1-3-8-17-13(4-2)15-19-18-14(20-15)10-11-6-5-7-12(16)9-11/h5-7,9,13,17H,3-4,8,10H2,1-2H3. The number of rotatable bonds is 7. The van der Waals surface area contributed by atoms with Gasteiger partial charge in [-0.25, -0.2) is 0 Å². The Morgan fingerprint density at radius 2 is 2.15 bits per heavy atom. The van der Waals surface area contributed by atoms with E-state index >= 15 is 0 Å². The first-order valence-corrected chi connectivity index (χ1v) is 7.40. The number of hydrogen-bond donors (Lipinski definition) is 1. The summed E-state index contributed by atoms with van der Waals surface area (Å²) in [4.78, 5) is 0. The Bertz CT molecular complexity index is 541. The zero-order valence-electron chi connectivity index (χ0n) is 11.9. The Hall–Kier alpha value is -1.39. The van der Waals surface area contributed by atoms with E-state index in [1.54, 1.807) is 0 Å². The molecule has 0 saturated heterocycles. The number of hydrogen-bond acceptors (Lipinski definition) is 4. The van der Waals surface area contributed by atoms with Crippen LogP contribution in [0.3, 0.4) is 0 Å². The van der Waals surface area contributed by atoms with Crippen LogP contribution in [-0.2, 0) is 6.42 Å². The minimum absolute atomic E-state index is 0.135. The Labute approximate surface area is 124 Å². The van der Waals surface area contributed by atoms with Gasteiger partial charge in [0, 0.05) is 5.02 Å². The number of halogens is 1. The molecule has 1 N–H and O–H groups in total. The van der Waals surface area contributed by atoms with Crippen molar-refractivity contribution in [1.29, 1.82) is 0 Å². The molecule has 108 valence electrons. The molecule has 1 aromatic carbocycles. The molecule has 1 unspecified atom stereocenters. The fourth-order valence-corrected chi connectivity index (χ4v) is 2.24. The van der Waals surface area contributed by atoms with Crippen LogP contribution in [0.4, 0.5) is 0 Å². The lowest BCUT2D eigenvalue weighted by atomic mass is 10.1. The topological polar surface area (TPSA) is 51.0 Å². The smallest absolute Gasteiger partial charge is 0.233 e. The van der Waals surface area contributed by atoms with Gasteiger partial charge in [0.1, 0.15) is 0 Å². The number of benzene rings is 1.